The first-order valence-electron chi connectivity index (χ1n) is 9.30. The maximum Gasteiger partial charge on any atom is 0.326 e. The lowest BCUT2D eigenvalue weighted by atomic mass is 9.92. The van der Waals surface area contributed by atoms with E-state index in [0.717, 1.165) is 11.1 Å². The van der Waals surface area contributed by atoms with Gasteiger partial charge in [-0.05, 0) is 29.3 Å². The summed E-state index contributed by atoms with van der Waals surface area (Å²) in [5, 5.41) is 0.0974. The number of rotatable bonds is 6. The van der Waals surface area contributed by atoms with Gasteiger partial charge < -0.3 is 4.98 Å². The lowest BCUT2D eigenvalue weighted by molar-refractivity contribution is 0.577. The van der Waals surface area contributed by atoms with Gasteiger partial charge in [0.15, 0.2) is 0 Å². The molecule has 3 aromatic carbocycles. The van der Waals surface area contributed by atoms with E-state index in [4.69, 9.17) is 0 Å². The van der Waals surface area contributed by atoms with Crippen LogP contribution in [0.4, 0.5) is 0 Å². The van der Waals surface area contributed by atoms with Crippen LogP contribution in [0.5, 0.6) is 0 Å². The standard InChI is InChI=1S/C22H19N3O4S/c26-21-18-13-17(11-12-20(18)24-22(27)25-21)30(28,29)23-14-19(15-7-3-1-4-8-15)16-9-5-2-6-10-16/h1-13,19,23H,14H2,(H2,24,25,26,27). The van der Waals surface area contributed by atoms with Crippen molar-refractivity contribution in [1.29, 1.82) is 0 Å². The van der Waals surface area contributed by atoms with E-state index in [9.17, 15) is 18.0 Å². The number of H-pyrrole nitrogens is 2. The summed E-state index contributed by atoms with van der Waals surface area (Å²) in [6, 6.07) is 23.3. The van der Waals surface area contributed by atoms with Gasteiger partial charge in [-0.1, -0.05) is 60.7 Å². The lowest BCUT2D eigenvalue weighted by Gasteiger charge is -2.19. The molecule has 0 saturated heterocycles. The van der Waals surface area contributed by atoms with Crippen molar-refractivity contribution in [2.75, 3.05) is 6.54 Å². The third-order valence-electron chi connectivity index (χ3n) is 4.90. The van der Waals surface area contributed by atoms with Crippen LogP contribution in [-0.2, 0) is 10.0 Å². The minimum Gasteiger partial charge on any atom is -0.307 e. The van der Waals surface area contributed by atoms with Gasteiger partial charge in [0.1, 0.15) is 0 Å². The molecule has 1 aromatic heterocycles. The monoisotopic (exact) mass is 421 g/mol. The molecule has 0 spiro atoms. The molecule has 4 aromatic rings. The Kier molecular flexibility index (Phi) is 5.35. The molecule has 152 valence electrons. The molecular formula is C22H19N3O4S. The van der Waals surface area contributed by atoms with Crippen molar-refractivity contribution in [3.05, 3.63) is 111 Å². The maximum absolute atomic E-state index is 12.9. The molecule has 0 atom stereocenters. The van der Waals surface area contributed by atoms with Crippen LogP contribution in [0.3, 0.4) is 0 Å². The first-order valence-corrected chi connectivity index (χ1v) is 10.8. The van der Waals surface area contributed by atoms with Gasteiger partial charge in [-0.2, -0.15) is 0 Å². The summed E-state index contributed by atoms with van der Waals surface area (Å²) in [6.07, 6.45) is 0. The van der Waals surface area contributed by atoms with Crippen molar-refractivity contribution in [3.63, 3.8) is 0 Å². The zero-order valence-corrected chi connectivity index (χ0v) is 16.6. The molecule has 0 aliphatic carbocycles. The third kappa shape index (κ3) is 4.10. The van der Waals surface area contributed by atoms with Crippen molar-refractivity contribution < 1.29 is 8.42 Å². The highest BCUT2D eigenvalue weighted by atomic mass is 32.2. The molecule has 0 fully saturated rings. The van der Waals surface area contributed by atoms with Crippen LogP contribution in [0.1, 0.15) is 17.0 Å². The summed E-state index contributed by atoms with van der Waals surface area (Å²) in [5.74, 6) is -0.178. The number of hydrogen-bond donors (Lipinski definition) is 3. The van der Waals surface area contributed by atoms with Crippen LogP contribution < -0.4 is 16.0 Å². The van der Waals surface area contributed by atoms with Crippen LogP contribution >= 0.6 is 0 Å². The van der Waals surface area contributed by atoms with E-state index in [1.807, 2.05) is 60.7 Å². The molecule has 0 radical (unpaired) electrons. The van der Waals surface area contributed by atoms with Gasteiger partial charge in [-0.15, -0.1) is 0 Å². The van der Waals surface area contributed by atoms with Gasteiger partial charge in [-0.25, -0.2) is 17.9 Å². The Morgan fingerprint density at radius 3 is 2.00 bits per heavy atom. The summed E-state index contributed by atoms with van der Waals surface area (Å²) in [4.78, 5) is 27.9. The summed E-state index contributed by atoms with van der Waals surface area (Å²) in [6.45, 7) is 0.149. The minimum atomic E-state index is -3.88. The Bertz CT molecular complexity index is 1360. The number of nitrogens with one attached hydrogen (secondary N) is 3. The molecular weight excluding hydrogens is 402 g/mol. The summed E-state index contributed by atoms with van der Waals surface area (Å²) in [7, 11) is -3.88. The van der Waals surface area contributed by atoms with Crippen molar-refractivity contribution in [1.82, 2.24) is 14.7 Å². The SMILES string of the molecule is O=c1[nH]c(=O)c2cc(S(=O)(=O)NCC(c3ccccc3)c3ccccc3)ccc2[nH]1. The molecule has 0 bridgehead atoms. The highest BCUT2D eigenvalue weighted by Gasteiger charge is 2.20. The topological polar surface area (TPSA) is 112 Å². The highest BCUT2D eigenvalue weighted by molar-refractivity contribution is 7.89. The number of aromatic nitrogens is 2. The normalized spacial score (nSPS) is 11.8. The van der Waals surface area contributed by atoms with Crippen LogP contribution in [-0.4, -0.2) is 24.9 Å². The van der Waals surface area contributed by atoms with E-state index in [1.165, 1.54) is 18.2 Å². The zero-order valence-electron chi connectivity index (χ0n) is 15.8. The second-order valence-electron chi connectivity index (χ2n) is 6.84. The van der Waals surface area contributed by atoms with E-state index >= 15 is 0 Å². The molecule has 0 aliphatic rings. The third-order valence-corrected chi connectivity index (χ3v) is 6.32. The van der Waals surface area contributed by atoms with Gasteiger partial charge in [0.25, 0.3) is 5.56 Å². The lowest BCUT2D eigenvalue weighted by Crippen LogP contribution is -2.29. The van der Waals surface area contributed by atoms with Gasteiger partial charge in [0, 0.05) is 12.5 Å². The van der Waals surface area contributed by atoms with Crippen LogP contribution in [0.15, 0.2) is 93.3 Å². The Balaban J connectivity index is 1.66. The highest BCUT2D eigenvalue weighted by Crippen LogP contribution is 2.24. The average Bonchev–Trinajstić information content (AvgIpc) is 2.75. The predicted molar refractivity (Wildman–Crippen MR) is 115 cm³/mol. The number of hydrogen-bond acceptors (Lipinski definition) is 4. The number of benzene rings is 3. The second kappa shape index (κ2) is 8.10. The Morgan fingerprint density at radius 2 is 1.40 bits per heavy atom. The van der Waals surface area contributed by atoms with E-state index in [1.54, 1.807) is 0 Å². The van der Waals surface area contributed by atoms with E-state index in [0.29, 0.717) is 0 Å². The van der Waals surface area contributed by atoms with Crippen molar-refractivity contribution in [2.24, 2.45) is 0 Å². The molecule has 0 aliphatic heterocycles. The quantitative estimate of drug-likeness (QED) is 0.444. The molecule has 0 saturated carbocycles. The minimum absolute atomic E-state index is 0.0487. The van der Waals surface area contributed by atoms with Crippen LogP contribution in [0.2, 0.25) is 0 Å². The Hall–Kier alpha value is -3.49. The summed E-state index contributed by atoms with van der Waals surface area (Å²) < 4.78 is 28.5. The Morgan fingerprint density at radius 1 is 0.800 bits per heavy atom. The molecule has 7 nitrogen and oxygen atoms in total. The van der Waals surface area contributed by atoms with Crippen molar-refractivity contribution in [2.45, 2.75) is 10.8 Å². The van der Waals surface area contributed by atoms with Gasteiger partial charge in [0.05, 0.1) is 15.8 Å². The van der Waals surface area contributed by atoms with Gasteiger partial charge in [-0.3, -0.25) is 9.78 Å². The fourth-order valence-electron chi connectivity index (χ4n) is 3.39. The fourth-order valence-corrected chi connectivity index (χ4v) is 4.46. The molecule has 4 rings (SSSR count). The molecule has 0 unspecified atom stereocenters. The number of fused-ring (bicyclic) bond motifs is 1. The van der Waals surface area contributed by atoms with E-state index in [-0.39, 0.29) is 28.3 Å². The van der Waals surface area contributed by atoms with Gasteiger partial charge >= 0.3 is 5.69 Å². The predicted octanol–water partition coefficient (Wildman–Crippen LogP) is 2.33. The number of aromatic amines is 2. The van der Waals surface area contributed by atoms with Crippen molar-refractivity contribution >= 4 is 20.9 Å². The number of sulfonamides is 1. The van der Waals surface area contributed by atoms with Crippen molar-refractivity contribution in [3.8, 4) is 0 Å². The summed E-state index contributed by atoms with van der Waals surface area (Å²) in [5.41, 5.74) is 0.957. The van der Waals surface area contributed by atoms with Crippen LogP contribution in [0, 0.1) is 0 Å². The smallest absolute Gasteiger partial charge is 0.307 e. The average molecular weight is 421 g/mol. The maximum atomic E-state index is 12.9. The second-order valence-corrected chi connectivity index (χ2v) is 8.61. The molecule has 8 heteroatoms. The molecule has 3 N–H and O–H groups in total. The van der Waals surface area contributed by atoms with E-state index < -0.39 is 21.3 Å². The summed E-state index contributed by atoms with van der Waals surface area (Å²) >= 11 is 0. The fraction of sp³-hybridized carbons (Fsp3) is 0.0909. The first-order chi connectivity index (χ1) is 14.4. The zero-order chi connectivity index (χ0) is 21.1. The largest absolute Gasteiger partial charge is 0.326 e. The van der Waals surface area contributed by atoms with Crippen LogP contribution in [0.25, 0.3) is 10.9 Å². The molecule has 0 amide bonds. The Labute approximate surface area is 172 Å². The van der Waals surface area contributed by atoms with E-state index in [2.05, 4.69) is 14.7 Å². The van der Waals surface area contributed by atoms with Gasteiger partial charge in [0.2, 0.25) is 10.0 Å². The molecule has 1 heterocycles. The first kappa shape index (κ1) is 19.8. The molecule has 30 heavy (non-hydrogen) atoms.